The van der Waals surface area contributed by atoms with Crippen molar-refractivity contribution >= 4 is 21.4 Å². The zero-order valence-electron chi connectivity index (χ0n) is 8.87. The largest absolute Gasteiger partial charge is 0.317 e. The van der Waals surface area contributed by atoms with E-state index in [1.165, 1.54) is 0 Å². The molecule has 0 fully saturated rings. The number of nitrogens with zero attached hydrogens (tertiary/aromatic N) is 2. The standard InChI is InChI=1S/C11H14BrN3/c1-8(13-2)5-11-14-6-10-4-3-9(12)7-15(10)11/h3-4,6-8,13H,5H2,1-2H3. The van der Waals surface area contributed by atoms with E-state index in [0.29, 0.717) is 6.04 Å². The number of likely N-dealkylation sites (N-methyl/N-ethyl adjacent to an activating group) is 1. The fourth-order valence-electron chi connectivity index (χ4n) is 1.54. The van der Waals surface area contributed by atoms with E-state index in [2.05, 4.69) is 49.8 Å². The molecule has 0 amide bonds. The van der Waals surface area contributed by atoms with E-state index in [4.69, 9.17) is 0 Å². The lowest BCUT2D eigenvalue weighted by molar-refractivity contribution is 0.590. The maximum absolute atomic E-state index is 4.43. The van der Waals surface area contributed by atoms with Crippen LogP contribution in [0.5, 0.6) is 0 Å². The molecule has 1 atom stereocenters. The Morgan fingerprint density at radius 1 is 1.53 bits per heavy atom. The summed E-state index contributed by atoms with van der Waals surface area (Å²) >= 11 is 3.47. The highest BCUT2D eigenvalue weighted by Gasteiger charge is 2.07. The molecule has 0 saturated carbocycles. The van der Waals surface area contributed by atoms with Crippen LogP contribution in [-0.2, 0) is 6.42 Å². The van der Waals surface area contributed by atoms with Crippen LogP contribution < -0.4 is 5.32 Å². The molecule has 0 saturated heterocycles. The number of imidazole rings is 1. The SMILES string of the molecule is CNC(C)Cc1ncc2ccc(Br)cn12. The van der Waals surface area contributed by atoms with Gasteiger partial charge in [0.15, 0.2) is 0 Å². The number of hydrogen-bond donors (Lipinski definition) is 1. The predicted octanol–water partition coefficient (Wildman–Crippen LogP) is 2.25. The van der Waals surface area contributed by atoms with Gasteiger partial charge in [0.05, 0.1) is 11.7 Å². The summed E-state index contributed by atoms with van der Waals surface area (Å²) in [6.45, 7) is 2.15. The van der Waals surface area contributed by atoms with Crippen LogP contribution in [0.4, 0.5) is 0 Å². The van der Waals surface area contributed by atoms with E-state index in [-0.39, 0.29) is 0 Å². The molecule has 2 aromatic heterocycles. The number of fused-ring (bicyclic) bond motifs is 1. The van der Waals surface area contributed by atoms with Gasteiger partial charge in [-0.15, -0.1) is 0 Å². The number of hydrogen-bond acceptors (Lipinski definition) is 2. The molecule has 15 heavy (non-hydrogen) atoms. The summed E-state index contributed by atoms with van der Waals surface area (Å²) in [7, 11) is 1.97. The molecule has 0 aliphatic rings. The minimum Gasteiger partial charge on any atom is -0.317 e. The summed E-state index contributed by atoms with van der Waals surface area (Å²) < 4.78 is 3.20. The van der Waals surface area contributed by atoms with E-state index < -0.39 is 0 Å². The summed E-state index contributed by atoms with van der Waals surface area (Å²) in [4.78, 5) is 4.43. The van der Waals surface area contributed by atoms with Gasteiger partial charge in [-0.2, -0.15) is 0 Å². The van der Waals surface area contributed by atoms with Gasteiger partial charge in [0.2, 0.25) is 0 Å². The van der Waals surface area contributed by atoms with Gasteiger partial charge < -0.3 is 9.72 Å². The lowest BCUT2D eigenvalue weighted by Crippen LogP contribution is -2.24. The first kappa shape index (κ1) is 10.6. The first-order valence-electron chi connectivity index (χ1n) is 4.99. The second kappa shape index (κ2) is 4.33. The van der Waals surface area contributed by atoms with Gasteiger partial charge in [-0.05, 0) is 42.0 Å². The van der Waals surface area contributed by atoms with Crippen LogP contribution in [0.25, 0.3) is 5.52 Å². The van der Waals surface area contributed by atoms with Crippen LogP contribution in [0.2, 0.25) is 0 Å². The Balaban J connectivity index is 2.39. The quantitative estimate of drug-likeness (QED) is 0.925. The normalized spacial score (nSPS) is 13.3. The summed E-state index contributed by atoms with van der Waals surface area (Å²) in [6.07, 6.45) is 4.89. The van der Waals surface area contributed by atoms with Crippen molar-refractivity contribution in [1.82, 2.24) is 14.7 Å². The van der Waals surface area contributed by atoms with Crippen LogP contribution in [0.1, 0.15) is 12.7 Å². The second-order valence-corrected chi connectivity index (χ2v) is 4.63. The number of pyridine rings is 1. The van der Waals surface area contributed by atoms with E-state index in [1.54, 1.807) is 0 Å². The molecule has 0 spiro atoms. The molecule has 0 radical (unpaired) electrons. The average molecular weight is 268 g/mol. The Morgan fingerprint density at radius 3 is 3.07 bits per heavy atom. The van der Waals surface area contributed by atoms with Gasteiger partial charge in [0.1, 0.15) is 5.82 Å². The molecule has 0 aromatic carbocycles. The maximum Gasteiger partial charge on any atom is 0.114 e. The van der Waals surface area contributed by atoms with Crippen molar-refractivity contribution < 1.29 is 0 Å². The van der Waals surface area contributed by atoms with Crippen LogP contribution in [0.15, 0.2) is 29.0 Å². The molecule has 1 unspecified atom stereocenters. The lowest BCUT2D eigenvalue weighted by atomic mass is 10.2. The monoisotopic (exact) mass is 267 g/mol. The van der Waals surface area contributed by atoms with Crippen molar-refractivity contribution in [2.45, 2.75) is 19.4 Å². The molecule has 0 aliphatic heterocycles. The summed E-state index contributed by atoms with van der Waals surface area (Å²) in [5.41, 5.74) is 1.14. The Labute approximate surface area is 97.6 Å². The molecule has 1 N–H and O–H groups in total. The van der Waals surface area contributed by atoms with Crippen molar-refractivity contribution in [3.05, 3.63) is 34.8 Å². The van der Waals surface area contributed by atoms with Gasteiger partial charge >= 0.3 is 0 Å². The molecule has 4 heteroatoms. The van der Waals surface area contributed by atoms with Gasteiger partial charge in [-0.1, -0.05) is 0 Å². The molecule has 80 valence electrons. The molecule has 2 heterocycles. The van der Waals surface area contributed by atoms with E-state index in [1.807, 2.05) is 19.3 Å². The molecule has 0 aliphatic carbocycles. The van der Waals surface area contributed by atoms with Crippen molar-refractivity contribution in [3.8, 4) is 0 Å². The third kappa shape index (κ3) is 2.21. The third-order valence-corrected chi connectivity index (χ3v) is 3.02. The molecular weight excluding hydrogens is 254 g/mol. The van der Waals surface area contributed by atoms with E-state index >= 15 is 0 Å². The van der Waals surface area contributed by atoms with Crippen molar-refractivity contribution in [1.29, 1.82) is 0 Å². The first-order chi connectivity index (χ1) is 7.20. The van der Waals surface area contributed by atoms with Crippen LogP contribution in [0, 0.1) is 0 Å². The Kier molecular flexibility index (Phi) is 3.07. The van der Waals surface area contributed by atoms with Gasteiger partial charge in [-0.3, -0.25) is 0 Å². The summed E-state index contributed by atoms with van der Waals surface area (Å²) in [5.74, 6) is 1.09. The fourth-order valence-corrected chi connectivity index (χ4v) is 1.88. The second-order valence-electron chi connectivity index (χ2n) is 3.71. The Morgan fingerprint density at radius 2 is 2.33 bits per heavy atom. The van der Waals surface area contributed by atoms with Crippen molar-refractivity contribution in [3.63, 3.8) is 0 Å². The smallest absolute Gasteiger partial charge is 0.114 e. The first-order valence-corrected chi connectivity index (χ1v) is 5.79. The van der Waals surface area contributed by atoms with Crippen molar-refractivity contribution in [2.75, 3.05) is 7.05 Å². The Bertz CT molecular complexity index is 464. The molecule has 2 aromatic rings. The summed E-state index contributed by atoms with van der Waals surface area (Å²) in [5, 5.41) is 3.22. The fraction of sp³-hybridized carbons (Fsp3) is 0.364. The minimum absolute atomic E-state index is 0.439. The molecular formula is C11H14BrN3. The minimum atomic E-state index is 0.439. The van der Waals surface area contributed by atoms with Crippen LogP contribution in [0.3, 0.4) is 0 Å². The highest BCUT2D eigenvalue weighted by Crippen LogP contribution is 2.14. The van der Waals surface area contributed by atoms with Gasteiger partial charge in [-0.25, -0.2) is 4.98 Å². The van der Waals surface area contributed by atoms with Crippen LogP contribution in [-0.4, -0.2) is 22.5 Å². The predicted molar refractivity (Wildman–Crippen MR) is 65.1 cm³/mol. The zero-order chi connectivity index (χ0) is 10.8. The molecule has 0 bridgehead atoms. The molecule has 2 rings (SSSR count). The van der Waals surface area contributed by atoms with Crippen LogP contribution >= 0.6 is 15.9 Å². The topological polar surface area (TPSA) is 29.3 Å². The number of halogens is 1. The number of aromatic nitrogens is 2. The zero-order valence-corrected chi connectivity index (χ0v) is 10.5. The van der Waals surface area contributed by atoms with Gasteiger partial charge in [0.25, 0.3) is 0 Å². The average Bonchev–Trinajstić information content (AvgIpc) is 2.61. The number of rotatable bonds is 3. The maximum atomic E-state index is 4.43. The molecule has 3 nitrogen and oxygen atoms in total. The summed E-state index contributed by atoms with van der Waals surface area (Å²) in [6, 6.07) is 4.53. The Hall–Kier alpha value is -0.870. The van der Waals surface area contributed by atoms with E-state index in [9.17, 15) is 0 Å². The van der Waals surface area contributed by atoms with E-state index in [0.717, 1.165) is 22.2 Å². The third-order valence-electron chi connectivity index (χ3n) is 2.55. The highest BCUT2D eigenvalue weighted by molar-refractivity contribution is 9.10. The van der Waals surface area contributed by atoms with Gasteiger partial charge in [0, 0.05) is 23.1 Å². The highest BCUT2D eigenvalue weighted by atomic mass is 79.9. The lowest BCUT2D eigenvalue weighted by Gasteiger charge is -2.08. The van der Waals surface area contributed by atoms with Crippen molar-refractivity contribution in [2.24, 2.45) is 0 Å². The number of nitrogens with one attached hydrogen (secondary N) is 1.